The summed E-state index contributed by atoms with van der Waals surface area (Å²) in [6.07, 6.45) is 4.78. The summed E-state index contributed by atoms with van der Waals surface area (Å²) in [7, 11) is 0. The number of ether oxygens (including phenoxy) is 1. The Labute approximate surface area is 188 Å². The highest BCUT2D eigenvalue weighted by Crippen LogP contribution is 2.32. The highest BCUT2D eigenvalue weighted by molar-refractivity contribution is 5.81. The molecular weight excluding hydrogens is 404 g/mol. The summed E-state index contributed by atoms with van der Waals surface area (Å²) in [5.41, 5.74) is 2.76. The molecule has 32 heavy (non-hydrogen) atoms. The van der Waals surface area contributed by atoms with Crippen molar-refractivity contribution in [2.45, 2.75) is 58.0 Å². The van der Waals surface area contributed by atoms with Gasteiger partial charge in [-0.3, -0.25) is 14.5 Å². The van der Waals surface area contributed by atoms with Crippen LogP contribution in [0.15, 0.2) is 29.1 Å². The van der Waals surface area contributed by atoms with E-state index in [1.807, 2.05) is 24.0 Å². The number of fused-ring (bicyclic) bond motifs is 1. The van der Waals surface area contributed by atoms with Crippen molar-refractivity contribution in [1.82, 2.24) is 19.8 Å². The molecule has 2 fully saturated rings. The lowest BCUT2D eigenvalue weighted by molar-refractivity contribution is -0.133. The van der Waals surface area contributed by atoms with Gasteiger partial charge in [-0.15, -0.1) is 0 Å². The Bertz CT molecular complexity index is 1030. The SMILES string of the molecule is CCOc1ccc(CN2CCC[C@@H](c3nc4c(c(=O)[nH]3)CN(C(=O)C3CC3)CC4)C2)cc1. The van der Waals surface area contributed by atoms with Crippen LogP contribution in [0.4, 0.5) is 0 Å². The van der Waals surface area contributed by atoms with Crippen LogP contribution >= 0.6 is 0 Å². The molecule has 3 aliphatic rings. The molecule has 0 spiro atoms. The molecule has 1 amide bonds. The van der Waals surface area contributed by atoms with E-state index in [1.165, 1.54) is 5.56 Å². The summed E-state index contributed by atoms with van der Waals surface area (Å²) in [4.78, 5) is 37.5. The molecule has 1 aromatic heterocycles. The van der Waals surface area contributed by atoms with E-state index in [2.05, 4.69) is 22.0 Å². The maximum absolute atomic E-state index is 12.9. The number of piperidine rings is 1. The maximum Gasteiger partial charge on any atom is 0.256 e. The number of nitrogens with one attached hydrogen (secondary N) is 1. The van der Waals surface area contributed by atoms with Crippen LogP contribution in [0.2, 0.25) is 0 Å². The van der Waals surface area contributed by atoms with Crippen molar-refractivity contribution < 1.29 is 9.53 Å². The molecule has 0 bridgehead atoms. The molecule has 7 heteroatoms. The number of amides is 1. The average Bonchev–Trinajstić information content (AvgIpc) is 3.66. The Balaban J connectivity index is 1.26. The van der Waals surface area contributed by atoms with E-state index in [4.69, 9.17) is 9.72 Å². The number of carbonyl (C=O) groups is 1. The minimum Gasteiger partial charge on any atom is -0.494 e. The molecule has 3 heterocycles. The lowest BCUT2D eigenvalue weighted by Gasteiger charge is -2.33. The number of H-pyrrole nitrogens is 1. The first kappa shape index (κ1) is 21.2. The molecule has 1 saturated heterocycles. The predicted molar refractivity (Wildman–Crippen MR) is 122 cm³/mol. The van der Waals surface area contributed by atoms with Gasteiger partial charge in [-0.2, -0.15) is 0 Å². The second-order valence-electron chi connectivity index (χ2n) is 9.31. The minimum atomic E-state index is -0.0677. The van der Waals surface area contributed by atoms with Crippen LogP contribution in [0.3, 0.4) is 0 Å². The summed E-state index contributed by atoms with van der Waals surface area (Å²) in [6, 6.07) is 8.31. The highest BCUT2D eigenvalue weighted by atomic mass is 16.5. The maximum atomic E-state index is 12.9. The third kappa shape index (κ3) is 4.58. The summed E-state index contributed by atoms with van der Waals surface area (Å²) < 4.78 is 5.54. The van der Waals surface area contributed by atoms with Gasteiger partial charge in [0.1, 0.15) is 11.6 Å². The monoisotopic (exact) mass is 436 g/mol. The van der Waals surface area contributed by atoms with Crippen molar-refractivity contribution in [2.75, 3.05) is 26.2 Å². The molecule has 0 unspecified atom stereocenters. The van der Waals surface area contributed by atoms with Gasteiger partial charge < -0.3 is 14.6 Å². The zero-order valence-electron chi connectivity index (χ0n) is 18.8. The molecule has 1 saturated carbocycles. The van der Waals surface area contributed by atoms with Gasteiger partial charge in [0, 0.05) is 37.9 Å². The molecule has 2 aromatic rings. The van der Waals surface area contributed by atoms with Crippen LogP contribution in [0.1, 0.15) is 61.2 Å². The van der Waals surface area contributed by atoms with E-state index in [0.29, 0.717) is 31.7 Å². The van der Waals surface area contributed by atoms with Gasteiger partial charge in [0.05, 0.1) is 24.4 Å². The Hall–Kier alpha value is -2.67. The normalized spacial score (nSPS) is 21.3. The minimum absolute atomic E-state index is 0.0677. The van der Waals surface area contributed by atoms with E-state index < -0.39 is 0 Å². The third-order valence-corrected chi connectivity index (χ3v) is 6.86. The topological polar surface area (TPSA) is 78.5 Å². The van der Waals surface area contributed by atoms with E-state index in [9.17, 15) is 9.59 Å². The molecule has 1 atom stereocenters. The molecule has 1 aliphatic carbocycles. The van der Waals surface area contributed by atoms with Gasteiger partial charge in [-0.05, 0) is 56.8 Å². The van der Waals surface area contributed by atoms with E-state index >= 15 is 0 Å². The van der Waals surface area contributed by atoms with Crippen LogP contribution in [-0.2, 0) is 24.3 Å². The molecular formula is C25H32N4O3. The van der Waals surface area contributed by atoms with Crippen LogP contribution in [0.25, 0.3) is 0 Å². The first-order valence-corrected chi connectivity index (χ1v) is 12.0. The number of likely N-dealkylation sites (tertiary alicyclic amines) is 1. The van der Waals surface area contributed by atoms with Crippen molar-refractivity contribution in [3.05, 3.63) is 57.3 Å². The van der Waals surface area contributed by atoms with Gasteiger partial charge >= 0.3 is 0 Å². The Morgan fingerprint density at radius 1 is 1.19 bits per heavy atom. The van der Waals surface area contributed by atoms with Crippen LogP contribution < -0.4 is 10.3 Å². The number of hydrogen-bond acceptors (Lipinski definition) is 5. The molecule has 0 radical (unpaired) electrons. The number of hydrogen-bond donors (Lipinski definition) is 1. The van der Waals surface area contributed by atoms with Crippen LogP contribution in [0.5, 0.6) is 5.75 Å². The van der Waals surface area contributed by atoms with Gasteiger partial charge in [0.25, 0.3) is 5.56 Å². The number of carbonyl (C=O) groups excluding carboxylic acids is 1. The largest absolute Gasteiger partial charge is 0.494 e. The molecule has 170 valence electrons. The molecule has 5 rings (SSSR count). The fraction of sp³-hybridized carbons (Fsp3) is 0.560. The van der Waals surface area contributed by atoms with Crippen molar-refractivity contribution in [1.29, 1.82) is 0 Å². The molecule has 1 aromatic carbocycles. The fourth-order valence-corrected chi connectivity index (χ4v) is 4.95. The Morgan fingerprint density at radius 3 is 2.75 bits per heavy atom. The second kappa shape index (κ2) is 9.06. The van der Waals surface area contributed by atoms with Gasteiger partial charge in [0.2, 0.25) is 5.91 Å². The van der Waals surface area contributed by atoms with Crippen molar-refractivity contribution in [2.24, 2.45) is 5.92 Å². The quantitative estimate of drug-likeness (QED) is 0.753. The summed E-state index contributed by atoms with van der Waals surface area (Å²) in [6.45, 7) is 6.57. The van der Waals surface area contributed by atoms with Crippen LogP contribution in [0, 0.1) is 5.92 Å². The zero-order chi connectivity index (χ0) is 22.1. The fourth-order valence-electron chi connectivity index (χ4n) is 4.95. The van der Waals surface area contributed by atoms with E-state index in [1.54, 1.807) is 0 Å². The first-order valence-electron chi connectivity index (χ1n) is 12.0. The Morgan fingerprint density at radius 2 is 2.00 bits per heavy atom. The summed E-state index contributed by atoms with van der Waals surface area (Å²) >= 11 is 0. The highest BCUT2D eigenvalue weighted by Gasteiger charge is 2.35. The number of nitrogens with zero attached hydrogens (tertiary/aromatic N) is 3. The second-order valence-corrected chi connectivity index (χ2v) is 9.31. The molecule has 7 nitrogen and oxygen atoms in total. The van der Waals surface area contributed by atoms with E-state index in [-0.39, 0.29) is 23.3 Å². The first-order chi connectivity index (χ1) is 15.6. The molecule has 1 N–H and O–H groups in total. The van der Waals surface area contributed by atoms with Gasteiger partial charge in [0.15, 0.2) is 0 Å². The standard InChI is InChI=1S/C25H32N4O3/c1-2-32-20-9-5-17(6-10-20)14-28-12-3-4-19(15-28)23-26-22-11-13-29(25(31)18-7-8-18)16-21(22)24(30)27-23/h5-6,9-10,18-19H,2-4,7-8,11-16H2,1H3,(H,26,27,30)/t19-/m1/s1. The van der Waals surface area contributed by atoms with Crippen LogP contribution in [-0.4, -0.2) is 51.9 Å². The van der Waals surface area contributed by atoms with Gasteiger partial charge in [-0.25, -0.2) is 4.98 Å². The predicted octanol–water partition coefficient (Wildman–Crippen LogP) is 2.84. The Kier molecular flexibility index (Phi) is 6.00. The van der Waals surface area contributed by atoms with Crippen molar-refractivity contribution in [3.63, 3.8) is 0 Å². The summed E-state index contributed by atoms with van der Waals surface area (Å²) in [5, 5.41) is 0. The lowest BCUT2D eigenvalue weighted by atomic mass is 9.96. The molecule has 2 aliphatic heterocycles. The number of benzene rings is 1. The third-order valence-electron chi connectivity index (χ3n) is 6.86. The summed E-state index contributed by atoms with van der Waals surface area (Å²) in [5.74, 6) is 2.34. The number of aromatic nitrogens is 2. The van der Waals surface area contributed by atoms with Gasteiger partial charge in [-0.1, -0.05) is 12.1 Å². The van der Waals surface area contributed by atoms with Crippen molar-refractivity contribution in [3.8, 4) is 5.75 Å². The zero-order valence-corrected chi connectivity index (χ0v) is 18.8. The van der Waals surface area contributed by atoms with E-state index in [0.717, 1.165) is 62.6 Å². The lowest BCUT2D eigenvalue weighted by Crippen LogP contribution is -2.41. The van der Waals surface area contributed by atoms with Crippen molar-refractivity contribution >= 4 is 5.91 Å². The smallest absolute Gasteiger partial charge is 0.256 e. The number of rotatable bonds is 6. The average molecular weight is 437 g/mol. The number of aromatic amines is 1.